The summed E-state index contributed by atoms with van der Waals surface area (Å²) in [6.45, 7) is 4.04. The maximum atomic E-state index is 11.5. The Kier molecular flexibility index (Phi) is 25.6. The van der Waals surface area contributed by atoms with Gasteiger partial charge in [-0.15, -0.1) is 0 Å². The predicted octanol–water partition coefficient (Wildman–Crippen LogP) is 3.72. The largest absolute Gasteiger partial charge is 1.00 e. The zero-order valence-electron chi connectivity index (χ0n) is 19.7. The summed E-state index contributed by atoms with van der Waals surface area (Å²) in [5, 5.41) is 8.53. The minimum atomic E-state index is -4.17. The molecule has 29 heavy (non-hydrogen) atoms. The van der Waals surface area contributed by atoms with E-state index in [1.807, 2.05) is 0 Å². The molecule has 2 unspecified atom stereocenters. The van der Waals surface area contributed by atoms with Gasteiger partial charge in [-0.05, 0) is 26.2 Å². The van der Waals surface area contributed by atoms with Crippen LogP contribution in [0.3, 0.4) is 0 Å². The van der Waals surface area contributed by atoms with Crippen LogP contribution in [0.1, 0.15) is 136 Å². The number of rotatable bonds is 21. The van der Waals surface area contributed by atoms with E-state index in [1.54, 1.807) is 6.92 Å². The van der Waals surface area contributed by atoms with Crippen LogP contribution >= 0.6 is 0 Å². The van der Waals surface area contributed by atoms with Crippen molar-refractivity contribution in [2.75, 3.05) is 0 Å². The first-order valence-corrected chi connectivity index (χ1v) is 13.5. The zero-order chi connectivity index (χ0) is 21.1. The van der Waals surface area contributed by atoms with Gasteiger partial charge in [-0.3, -0.25) is 0 Å². The third-order valence-electron chi connectivity index (χ3n) is 5.69. The molecule has 0 amide bonds. The van der Waals surface area contributed by atoms with Crippen LogP contribution in [-0.2, 0) is 10.1 Å². The minimum Gasteiger partial charge on any atom is -0.748 e. The number of unbranched alkanes of at least 4 members (excludes halogenated alkanes) is 14. The van der Waals surface area contributed by atoms with Gasteiger partial charge in [0, 0.05) is 5.25 Å². The van der Waals surface area contributed by atoms with Crippen LogP contribution in [0.15, 0.2) is 0 Å². The summed E-state index contributed by atoms with van der Waals surface area (Å²) in [4.78, 5) is 0. The van der Waals surface area contributed by atoms with Crippen LogP contribution < -0.4 is 51.4 Å². The van der Waals surface area contributed by atoms with Crippen molar-refractivity contribution in [3.8, 4) is 0 Å². The average molecular weight is 459 g/mol. The molecule has 170 valence electrons. The minimum absolute atomic E-state index is 0. The van der Waals surface area contributed by atoms with Gasteiger partial charge >= 0.3 is 51.4 Å². The quantitative estimate of drug-likeness (QED) is 0.162. The second kappa shape index (κ2) is 22.7. The summed E-state index contributed by atoms with van der Waals surface area (Å²) in [5.74, 6) is 0. The maximum Gasteiger partial charge on any atom is 1.00 e. The van der Waals surface area contributed by atoms with E-state index < -0.39 is 15.4 Å². The van der Waals surface area contributed by atoms with E-state index in [4.69, 9.17) is 0 Å². The molecule has 0 fully saturated rings. The standard InChI is InChI=1S/C23H48O4S.K/c1-3-4-5-6-7-8-9-10-11-14-17-20-23(28(25,26)27)21-18-15-12-13-16-19-22(2)24;/h22-24H,3-21H2,1-2H3,(H,25,26,27);/q;+1/p-1. The fraction of sp³-hybridized carbons (Fsp3) is 1.00. The second-order valence-corrected chi connectivity index (χ2v) is 10.3. The molecule has 0 saturated heterocycles. The van der Waals surface area contributed by atoms with Gasteiger partial charge in [0.05, 0.1) is 16.2 Å². The van der Waals surface area contributed by atoms with E-state index in [-0.39, 0.29) is 57.5 Å². The Hall–Kier alpha value is 1.51. The smallest absolute Gasteiger partial charge is 0.748 e. The summed E-state index contributed by atoms with van der Waals surface area (Å²) in [5.41, 5.74) is 0. The Morgan fingerprint density at radius 1 is 0.655 bits per heavy atom. The van der Waals surface area contributed by atoms with Gasteiger partial charge < -0.3 is 9.66 Å². The average Bonchev–Trinajstić information content (AvgIpc) is 2.62. The van der Waals surface area contributed by atoms with Crippen molar-refractivity contribution >= 4 is 10.1 Å². The molecule has 0 aliphatic rings. The fourth-order valence-electron chi connectivity index (χ4n) is 3.81. The van der Waals surface area contributed by atoms with Crippen molar-refractivity contribution in [2.24, 2.45) is 0 Å². The molecule has 0 heterocycles. The molecule has 0 saturated carbocycles. The van der Waals surface area contributed by atoms with Crippen LogP contribution in [0.4, 0.5) is 0 Å². The Balaban J connectivity index is 0. The SMILES string of the molecule is CCCCCCCCCCCCCC(CCCCCCCC(C)O)S(=O)(=O)[O-].[K+]. The van der Waals surface area contributed by atoms with Crippen molar-refractivity contribution < 1.29 is 69.5 Å². The van der Waals surface area contributed by atoms with E-state index in [9.17, 15) is 18.1 Å². The third-order valence-corrected chi connectivity index (χ3v) is 6.97. The molecule has 6 heteroatoms. The predicted molar refractivity (Wildman–Crippen MR) is 119 cm³/mol. The molecule has 0 aromatic heterocycles. The monoisotopic (exact) mass is 458 g/mol. The Morgan fingerprint density at radius 3 is 1.28 bits per heavy atom. The van der Waals surface area contributed by atoms with Crippen LogP contribution in [0.5, 0.6) is 0 Å². The van der Waals surface area contributed by atoms with E-state index in [2.05, 4.69) is 6.92 Å². The number of hydrogen-bond acceptors (Lipinski definition) is 4. The third kappa shape index (κ3) is 24.0. The molecule has 0 aromatic rings. The van der Waals surface area contributed by atoms with E-state index in [0.717, 1.165) is 57.8 Å². The van der Waals surface area contributed by atoms with Gasteiger partial charge in [0.1, 0.15) is 0 Å². The molecule has 0 aliphatic heterocycles. The number of aliphatic hydroxyl groups is 1. The van der Waals surface area contributed by atoms with Crippen LogP contribution in [0.2, 0.25) is 0 Å². The van der Waals surface area contributed by atoms with Gasteiger partial charge in [-0.1, -0.05) is 110 Å². The molecule has 0 aliphatic carbocycles. The van der Waals surface area contributed by atoms with Gasteiger partial charge in [-0.2, -0.15) is 0 Å². The van der Waals surface area contributed by atoms with Crippen molar-refractivity contribution in [2.45, 2.75) is 147 Å². The van der Waals surface area contributed by atoms with Crippen LogP contribution in [-0.4, -0.2) is 29.4 Å². The van der Waals surface area contributed by atoms with Gasteiger partial charge in [-0.25, -0.2) is 8.42 Å². The molecule has 0 spiro atoms. The van der Waals surface area contributed by atoms with E-state index in [1.165, 1.54) is 51.4 Å². The van der Waals surface area contributed by atoms with E-state index in [0.29, 0.717) is 12.8 Å². The van der Waals surface area contributed by atoms with Gasteiger partial charge in [0.25, 0.3) is 0 Å². The molecule has 0 aromatic carbocycles. The Morgan fingerprint density at radius 2 is 0.966 bits per heavy atom. The molecule has 0 bridgehead atoms. The van der Waals surface area contributed by atoms with Gasteiger partial charge in [0.15, 0.2) is 0 Å². The molecule has 1 N–H and O–H groups in total. The van der Waals surface area contributed by atoms with Crippen LogP contribution in [0, 0.1) is 0 Å². The topological polar surface area (TPSA) is 77.4 Å². The maximum absolute atomic E-state index is 11.5. The molecular weight excluding hydrogens is 411 g/mol. The molecule has 0 rings (SSSR count). The van der Waals surface area contributed by atoms with Crippen LogP contribution in [0.25, 0.3) is 0 Å². The van der Waals surface area contributed by atoms with Crippen molar-refractivity contribution in [1.29, 1.82) is 0 Å². The number of hydrogen-bond donors (Lipinski definition) is 1. The van der Waals surface area contributed by atoms with Crippen molar-refractivity contribution in [3.05, 3.63) is 0 Å². The Labute approximate surface area is 224 Å². The van der Waals surface area contributed by atoms with Crippen molar-refractivity contribution in [3.63, 3.8) is 0 Å². The fourth-order valence-corrected chi connectivity index (χ4v) is 4.72. The zero-order valence-corrected chi connectivity index (χ0v) is 23.6. The molecular formula is C23H47KO4S. The molecule has 0 radical (unpaired) electrons. The van der Waals surface area contributed by atoms with Crippen molar-refractivity contribution in [1.82, 2.24) is 0 Å². The molecule has 4 nitrogen and oxygen atoms in total. The number of aliphatic hydroxyl groups excluding tert-OH is 1. The van der Waals surface area contributed by atoms with Gasteiger partial charge in [0.2, 0.25) is 0 Å². The molecule has 2 atom stereocenters. The first-order valence-electron chi connectivity index (χ1n) is 12.0. The summed E-state index contributed by atoms with van der Waals surface area (Å²) >= 11 is 0. The summed E-state index contributed by atoms with van der Waals surface area (Å²) in [7, 11) is -4.17. The second-order valence-electron chi connectivity index (χ2n) is 8.63. The first kappa shape index (κ1) is 32.7. The summed E-state index contributed by atoms with van der Waals surface area (Å²) < 4.78 is 34.5. The normalized spacial score (nSPS) is 13.8. The summed E-state index contributed by atoms with van der Waals surface area (Å²) in [6, 6.07) is 0. The van der Waals surface area contributed by atoms with E-state index >= 15 is 0 Å². The Bertz CT molecular complexity index is 427. The summed E-state index contributed by atoms with van der Waals surface area (Å²) in [6.07, 6.45) is 20.2. The first-order chi connectivity index (χ1) is 13.4.